The van der Waals surface area contributed by atoms with Crippen LogP contribution in [-0.4, -0.2) is 180 Å². The average molecular weight is 2120 g/mol. The Morgan fingerprint density at radius 1 is 0.313 bits per heavy atom. The molecular weight excluding hydrogens is 2020 g/mol. The van der Waals surface area contributed by atoms with Gasteiger partial charge >= 0.3 is 59.3 Å². The van der Waals surface area contributed by atoms with E-state index in [1.54, 1.807) is 194 Å². The molecule has 3 aliphatic heterocycles. The maximum atomic E-state index is 17.6. The van der Waals surface area contributed by atoms with Crippen molar-refractivity contribution in [1.29, 1.82) is 10.5 Å². The Morgan fingerprint density at radius 2 is 0.573 bits per heavy atom. The summed E-state index contributed by atoms with van der Waals surface area (Å²) in [7, 11) is -14.8. The van der Waals surface area contributed by atoms with Crippen LogP contribution in [0.2, 0.25) is 5.02 Å². The molecule has 772 valence electrons. The summed E-state index contributed by atoms with van der Waals surface area (Å²) in [6, 6.07) is 99.9. The first-order chi connectivity index (χ1) is 73.0. The lowest BCUT2D eigenvalue weighted by Crippen LogP contribution is -2.64. The van der Waals surface area contributed by atoms with Crippen LogP contribution in [0, 0.1) is 22.7 Å². The number of carbonyl (C=O) groups excluding carboxylic acids is 6. The number of nitriles is 2. The van der Waals surface area contributed by atoms with Crippen LogP contribution in [0.5, 0.6) is 34.5 Å². The molecule has 3 saturated heterocycles. The number of hydrogen-bond donors (Lipinski definition) is 1. The van der Waals surface area contributed by atoms with E-state index in [1.807, 2.05) is 12.1 Å². The van der Waals surface area contributed by atoms with Gasteiger partial charge in [-0.15, -0.1) is 0 Å². The average Bonchev–Trinajstić information content (AvgIpc) is 0.746. The van der Waals surface area contributed by atoms with E-state index in [4.69, 9.17) is 119 Å². The second-order valence-corrected chi connectivity index (χ2v) is 38.3. The molecule has 1 N–H and O–H groups in total. The molecule has 3 unspecified atom stereocenters. The van der Waals surface area contributed by atoms with Crippen molar-refractivity contribution in [2.45, 2.75) is 111 Å². The molecule has 18 atom stereocenters. The molecule has 39 heteroatoms. The van der Waals surface area contributed by atoms with E-state index in [0.29, 0.717) is 28.2 Å². The van der Waals surface area contributed by atoms with Crippen LogP contribution < -0.4 is 28.2 Å². The third-order valence-corrected chi connectivity index (χ3v) is 27.6. The fraction of sp³-hybridized carbons (Fsp3) is 0.225. The highest BCUT2D eigenvalue weighted by atomic mass is 35.5. The Bertz CT molecular complexity index is 6830. The molecule has 0 bridgehead atoms. The Balaban J connectivity index is 0.869. The summed E-state index contributed by atoms with van der Waals surface area (Å²) in [6.07, 6.45) is -34.1. The highest BCUT2D eigenvalue weighted by molar-refractivity contribution is 7.49. The number of methoxy groups -OCH3 is 2. The summed E-state index contributed by atoms with van der Waals surface area (Å²) in [5, 5.41) is 20.7. The van der Waals surface area contributed by atoms with E-state index >= 15 is 37.7 Å². The molecule has 35 nitrogen and oxygen atoms in total. The number of phosphoric ester groups is 3. The van der Waals surface area contributed by atoms with E-state index < -0.39 is 209 Å². The van der Waals surface area contributed by atoms with Crippen molar-refractivity contribution in [1.82, 2.24) is 0 Å². The third kappa shape index (κ3) is 27.9. The van der Waals surface area contributed by atoms with Gasteiger partial charge in [-0.25, -0.2) is 42.5 Å². The summed E-state index contributed by atoms with van der Waals surface area (Å²) in [5.74, 6) is -6.40. The Hall–Kier alpha value is -15.0. The summed E-state index contributed by atoms with van der Waals surface area (Å²) < 4.78 is 200. The number of carbonyl (C=O) groups is 6. The van der Waals surface area contributed by atoms with Crippen LogP contribution in [0.25, 0.3) is 0 Å². The van der Waals surface area contributed by atoms with E-state index in [9.17, 15) is 20.2 Å². The van der Waals surface area contributed by atoms with Gasteiger partial charge in [0.05, 0.1) is 111 Å². The lowest BCUT2D eigenvalue weighted by Gasteiger charge is -2.46. The second kappa shape index (κ2) is 51.7. The van der Waals surface area contributed by atoms with Gasteiger partial charge in [-0.2, -0.15) is 10.5 Å². The zero-order chi connectivity index (χ0) is 105. The zero-order valence-electron chi connectivity index (χ0n) is 80.0. The minimum absolute atomic E-state index is 0.0115. The van der Waals surface area contributed by atoms with Gasteiger partial charge in [0.25, 0.3) is 0 Å². The van der Waals surface area contributed by atoms with Crippen molar-refractivity contribution >= 4 is 70.9 Å². The van der Waals surface area contributed by atoms with Crippen LogP contribution in [0.15, 0.2) is 376 Å². The van der Waals surface area contributed by atoms with Crippen LogP contribution >= 0.6 is 35.1 Å². The van der Waals surface area contributed by atoms with Crippen molar-refractivity contribution in [3.8, 4) is 46.6 Å². The van der Waals surface area contributed by atoms with Gasteiger partial charge in [-0.05, 0) is 162 Å². The first-order valence-electron chi connectivity index (χ1n) is 47.0. The summed E-state index contributed by atoms with van der Waals surface area (Å²) >= 11 is 6.58. The lowest BCUT2D eigenvalue weighted by molar-refractivity contribution is -0.281. The molecular formula is C111H98ClN2O33P3. The van der Waals surface area contributed by atoms with Gasteiger partial charge in [0.15, 0.2) is 18.3 Å². The Morgan fingerprint density at radius 3 is 0.867 bits per heavy atom. The number of esters is 6. The van der Waals surface area contributed by atoms with Gasteiger partial charge in [-0.3, -0.25) is 36.6 Å². The molecule has 3 aliphatic rings. The molecule has 0 aliphatic carbocycles. The van der Waals surface area contributed by atoms with E-state index in [-0.39, 0.29) is 55.7 Å². The van der Waals surface area contributed by atoms with Crippen molar-refractivity contribution in [3.63, 3.8) is 0 Å². The topological polar surface area (TPSA) is 434 Å². The minimum atomic E-state index is -6.04. The fourth-order valence-electron chi connectivity index (χ4n) is 16.3. The van der Waals surface area contributed by atoms with Gasteiger partial charge in [0.2, 0.25) is 37.2 Å². The van der Waals surface area contributed by atoms with Crippen LogP contribution in [0.3, 0.4) is 0 Å². The molecule has 150 heavy (non-hydrogen) atoms. The maximum Gasteiger partial charge on any atom is 0.527 e. The summed E-state index contributed by atoms with van der Waals surface area (Å²) in [6.45, 7) is -5.34. The largest absolute Gasteiger partial charge is 0.527 e. The predicted octanol–water partition coefficient (Wildman–Crippen LogP) is 19.9. The Kier molecular flexibility index (Phi) is 37.1. The fourth-order valence-corrected chi connectivity index (χ4v) is 20.3. The molecule has 0 radical (unpaired) electrons. The number of halogens is 1. The summed E-state index contributed by atoms with van der Waals surface area (Å²) in [4.78, 5) is 104. The molecule has 0 saturated carbocycles. The number of para-hydroxylation sites is 4. The molecule has 13 aromatic carbocycles. The molecule has 13 aromatic rings. The maximum absolute atomic E-state index is 17.6. The molecule has 3 fully saturated rings. The monoisotopic (exact) mass is 2110 g/mol. The number of nitrogens with zero attached hydrogens (tertiary/aromatic N) is 2. The number of benzene rings is 13. The SMILES string of the molecule is COc1ccc(C(OC[C@H]2O[C@@H](Oc3ccccc3)[C@H](OC(=O)c3ccccc3)[C@@H](OC(=O)c3ccccc3)[C@@H]2OP(=O)(OCCC#N)OC[C@H]2O[C@@H](Oc3ccccc3)[C@H](OC(=O)c3ccccc3)[C@@H](OC(=O)c3ccccc3)[C@@H]2OP(=O)(OCCC#N)OC[C@H]2O[C@@H](Oc3ccccc3)[C@H](OC(=O)c3ccccc3)[C@@H](OC(=O)c3ccccc3)[C@@H]2OP(=O)(O)Oc2ccccc2Cl)(c2ccccc2)c2ccc(OC)cc2)cc1. The predicted molar refractivity (Wildman–Crippen MR) is 535 cm³/mol. The third-order valence-electron chi connectivity index (χ3n) is 23.4. The van der Waals surface area contributed by atoms with Gasteiger partial charge in [0, 0.05) is 0 Å². The second-order valence-electron chi connectivity index (χ2n) is 33.3. The lowest BCUT2D eigenvalue weighted by atomic mass is 9.80. The molecule has 0 spiro atoms. The van der Waals surface area contributed by atoms with Crippen molar-refractivity contribution in [2.24, 2.45) is 0 Å². The van der Waals surface area contributed by atoms with Crippen LogP contribution in [0.4, 0.5) is 0 Å². The Labute approximate surface area is 866 Å². The summed E-state index contributed by atoms with van der Waals surface area (Å²) in [5.41, 5.74) is -1.10. The minimum Gasteiger partial charge on any atom is -0.497 e. The van der Waals surface area contributed by atoms with Crippen LogP contribution in [-0.2, 0) is 98.3 Å². The van der Waals surface area contributed by atoms with Crippen LogP contribution in [0.1, 0.15) is 91.7 Å². The number of phosphoric acid groups is 3. The van der Waals surface area contributed by atoms with E-state index in [0.717, 1.165) is 0 Å². The zero-order valence-corrected chi connectivity index (χ0v) is 83.5. The van der Waals surface area contributed by atoms with Gasteiger partial charge in [0.1, 0.15) is 76.7 Å². The van der Waals surface area contributed by atoms with Crippen molar-refractivity contribution in [3.05, 3.63) is 431 Å². The highest BCUT2D eigenvalue weighted by Crippen LogP contribution is 2.58. The standard InChI is InChI=1S/C111H98ClN2O33P3/c1-125-83-63-59-81(60-64-83)111(80-49-25-9-26-50-80,82-61-65-84(126-2)66-62-82)127-71-90-94(97(139-103(116)75-39-15-4-16-40-75)100(142-106(119)78-45-21-7-22-46-78)108(135-90)132-85-51-27-10-28-52-85)146-149(123,128-69-35-67-113)131-73-92-95(98(140-104(117)76-41-17-5-18-42-76)101(143-107(120)79-47-23-8-24-48-79)110(137-92)134-87-55-31-12-32-56-87)147-150(124,129-70-36-68-114)130-72-91-93(145-148(121,122)144-89-58-34-33-57-88(89)112)96(138-102(115)74-37-13-3-14-38-74)99(141-105(118)77-43-19-6-20-44-77)109(136-91)133-86-53-29-11-30-54-86/h3-34,37-66,90-101,108-110H,35-36,69-73H2,1-2H3,(H,121,122)/t90-,91-,92-,93-,94-,95-,96+,97+,98+,99-,100-,101-,108-,109-,110-,149?,150?/m1/s1. The molecule has 3 heterocycles. The molecule has 0 aromatic heterocycles. The quantitative estimate of drug-likeness (QED) is 0.0122. The molecule has 16 rings (SSSR count). The van der Waals surface area contributed by atoms with Gasteiger partial charge in [-0.1, -0.05) is 242 Å². The highest BCUT2D eigenvalue weighted by Gasteiger charge is 2.61. The van der Waals surface area contributed by atoms with Crippen molar-refractivity contribution in [2.75, 3.05) is 47.3 Å². The number of rotatable bonds is 46. The molecule has 0 amide bonds. The first-order valence-corrected chi connectivity index (χ1v) is 51.8. The number of ether oxygens (including phenoxy) is 15. The van der Waals surface area contributed by atoms with E-state index in [1.165, 1.54) is 196 Å². The van der Waals surface area contributed by atoms with E-state index in [2.05, 4.69) is 0 Å². The van der Waals surface area contributed by atoms with Crippen molar-refractivity contribution < 1.29 is 155 Å². The van der Waals surface area contributed by atoms with Gasteiger partial charge < -0.3 is 75.6 Å². The number of hydrogen-bond acceptors (Lipinski definition) is 34. The smallest absolute Gasteiger partial charge is 0.497 e. The normalized spacial score (nSPS) is 21.6. The first kappa shape index (κ1) is 108.